The van der Waals surface area contributed by atoms with Crippen molar-refractivity contribution in [2.45, 2.75) is 12.5 Å². The maximum absolute atomic E-state index is 5.77. The molecule has 0 bridgehead atoms. The van der Waals surface area contributed by atoms with Crippen molar-refractivity contribution < 1.29 is 14.2 Å². The number of nitrogens with zero attached hydrogens (tertiary/aromatic N) is 2. The van der Waals surface area contributed by atoms with Crippen LogP contribution in [0.2, 0.25) is 0 Å². The van der Waals surface area contributed by atoms with Gasteiger partial charge in [0.1, 0.15) is 12.4 Å². The van der Waals surface area contributed by atoms with Crippen LogP contribution in [-0.2, 0) is 15.9 Å². The van der Waals surface area contributed by atoms with Gasteiger partial charge in [-0.25, -0.2) is 9.97 Å². The average Bonchev–Trinajstić information content (AvgIpc) is 2.65. The van der Waals surface area contributed by atoms with Gasteiger partial charge >= 0.3 is 0 Å². The summed E-state index contributed by atoms with van der Waals surface area (Å²) in [6.45, 7) is 3.61. The molecule has 1 aromatic heterocycles. The fraction of sp³-hybridized carbons (Fsp3) is 0.444. The quantitative estimate of drug-likeness (QED) is 0.781. The van der Waals surface area contributed by atoms with Gasteiger partial charge in [-0.3, -0.25) is 0 Å². The third kappa shape index (κ3) is 4.74. The zero-order valence-electron chi connectivity index (χ0n) is 13.9. The predicted octanol–water partition coefficient (Wildman–Crippen LogP) is 1.75. The number of methoxy groups -OCH3 is 1. The Balaban J connectivity index is 1.55. The Morgan fingerprint density at radius 1 is 1.17 bits per heavy atom. The van der Waals surface area contributed by atoms with Crippen molar-refractivity contribution in [2.24, 2.45) is 0 Å². The minimum absolute atomic E-state index is 0.146. The maximum atomic E-state index is 5.77. The molecule has 1 atom stereocenters. The van der Waals surface area contributed by atoms with Gasteiger partial charge in [-0.1, -0.05) is 24.3 Å². The van der Waals surface area contributed by atoms with E-state index >= 15 is 0 Å². The van der Waals surface area contributed by atoms with Gasteiger partial charge in [-0.05, 0) is 11.1 Å². The van der Waals surface area contributed by atoms with Gasteiger partial charge < -0.3 is 19.5 Å². The lowest BCUT2D eigenvalue weighted by Gasteiger charge is -2.24. The molecule has 2 heterocycles. The van der Waals surface area contributed by atoms with Gasteiger partial charge in [0.15, 0.2) is 5.75 Å². The summed E-state index contributed by atoms with van der Waals surface area (Å²) in [6.07, 6.45) is 4.25. The van der Waals surface area contributed by atoms with Gasteiger partial charge in [-0.15, -0.1) is 0 Å². The third-order valence-corrected chi connectivity index (χ3v) is 3.88. The molecule has 1 aliphatic rings. The van der Waals surface area contributed by atoms with Crippen LogP contribution in [0.5, 0.6) is 5.75 Å². The second-order valence-electron chi connectivity index (χ2n) is 5.66. The van der Waals surface area contributed by atoms with Crippen LogP contribution in [0.1, 0.15) is 23.1 Å². The highest BCUT2D eigenvalue weighted by atomic mass is 16.5. The van der Waals surface area contributed by atoms with E-state index in [0.717, 1.165) is 25.5 Å². The largest absolute Gasteiger partial charge is 0.488 e. The van der Waals surface area contributed by atoms with Crippen LogP contribution in [-0.4, -0.2) is 50.0 Å². The zero-order chi connectivity index (χ0) is 16.6. The predicted molar refractivity (Wildman–Crippen MR) is 90.2 cm³/mol. The smallest absolute Gasteiger partial charge is 0.156 e. The Morgan fingerprint density at radius 2 is 1.96 bits per heavy atom. The van der Waals surface area contributed by atoms with Crippen molar-refractivity contribution >= 4 is 0 Å². The molecule has 1 N–H and O–H groups in total. The van der Waals surface area contributed by atoms with Crippen LogP contribution in [0.4, 0.5) is 0 Å². The standard InChI is InChI=1S/C18H23N3O3/c1-22-8-9-23-16-11-20-18(21-12-16)10-14-2-4-15(5-3-14)17-13-19-6-7-24-17/h2-5,11-12,17,19H,6-10,13H2,1H3/t17-/m0/s1. The summed E-state index contributed by atoms with van der Waals surface area (Å²) < 4.78 is 16.2. The number of ether oxygens (including phenoxy) is 3. The Morgan fingerprint density at radius 3 is 2.62 bits per heavy atom. The highest BCUT2D eigenvalue weighted by molar-refractivity contribution is 5.27. The lowest BCUT2D eigenvalue weighted by Crippen LogP contribution is -2.33. The van der Waals surface area contributed by atoms with Crippen molar-refractivity contribution in [3.05, 3.63) is 53.6 Å². The topological polar surface area (TPSA) is 65.5 Å². The summed E-state index contributed by atoms with van der Waals surface area (Å²) in [7, 11) is 1.64. The lowest BCUT2D eigenvalue weighted by atomic mass is 10.0. The first-order valence-electron chi connectivity index (χ1n) is 8.19. The first-order valence-corrected chi connectivity index (χ1v) is 8.19. The normalized spacial score (nSPS) is 17.6. The molecule has 0 aliphatic carbocycles. The molecule has 6 heteroatoms. The fourth-order valence-corrected chi connectivity index (χ4v) is 2.56. The molecule has 0 spiro atoms. The fourth-order valence-electron chi connectivity index (χ4n) is 2.56. The van der Waals surface area contributed by atoms with Crippen LogP contribution in [0.15, 0.2) is 36.7 Å². The minimum Gasteiger partial charge on any atom is -0.488 e. The van der Waals surface area contributed by atoms with Crippen LogP contribution in [0.25, 0.3) is 0 Å². The van der Waals surface area contributed by atoms with E-state index in [0.29, 0.717) is 25.4 Å². The molecule has 1 saturated heterocycles. The molecule has 0 saturated carbocycles. The highest BCUT2D eigenvalue weighted by Crippen LogP contribution is 2.20. The number of nitrogens with one attached hydrogen (secondary N) is 1. The van der Waals surface area contributed by atoms with Crippen molar-refractivity contribution in [1.82, 2.24) is 15.3 Å². The lowest BCUT2D eigenvalue weighted by molar-refractivity contribution is 0.0277. The second kappa shape index (κ2) is 8.73. The molecule has 6 nitrogen and oxygen atoms in total. The van der Waals surface area contributed by atoms with E-state index in [-0.39, 0.29) is 6.10 Å². The molecular weight excluding hydrogens is 306 g/mol. The van der Waals surface area contributed by atoms with E-state index < -0.39 is 0 Å². The Kier molecular flexibility index (Phi) is 6.12. The molecule has 24 heavy (non-hydrogen) atoms. The molecule has 1 aromatic carbocycles. The van der Waals surface area contributed by atoms with Crippen molar-refractivity contribution in [1.29, 1.82) is 0 Å². The van der Waals surface area contributed by atoms with Gasteiger partial charge in [0.25, 0.3) is 0 Å². The molecule has 2 aromatic rings. The number of rotatable bonds is 7. The van der Waals surface area contributed by atoms with E-state index in [4.69, 9.17) is 14.2 Å². The second-order valence-corrected chi connectivity index (χ2v) is 5.66. The number of aromatic nitrogens is 2. The first kappa shape index (κ1) is 16.8. The molecule has 0 radical (unpaired) electrons. The van der Waals surface area contributed by atoms with E-state index in [1.54, 1.807) is 19.5 Å². The third-order valence-electron chi connectivity index (χ3n) is 3.88. The van der Waals surface area contributed by atoms with Crippen LogP contribution in [0, 0.1) is 0 Å². The van der Waals surface area contributed by atoms with Gasteiger partial charge in [0, 0.05) is 26.6 Å². The zero-order valence-corrected chi connectivity index (χ0v) is 13.9. The first-order chi connectivity index (χ1) is 11.8. The maximum Gasteiger partial charge on any atom is 0.156 e. The van der Waals surface area contributed by atoms with Crippen molar-refractivity contribution in [3.8, 4) is 5.75 Å². The summed E-state index contributed by atoms with van der Waals surface area (Å²) in [4.78, 5) is 8.71. The van der Waals surface area contributed by atoms with Gasteiger partial charge in [-0.2, -0.15) is 0 Å². The van der Waals surface area contributed by atoms with Crippen molar-refractivity contribution in [2.75, 3.05) is 40.0 Å². The SMILES string of the molecule is COCCOc1cnc(Cc2ccc([C@@H]3CNCCO3)cc2)nc1. The summed E-state index contributed by atoms with van der Waals surface area (Å²) >= 11 is 0. The van der Waals surface area contributed by atoms with Gasteiger partial charge in [0.2, 0.25) is 0 Å². The van der Waals surface area contributed by atoms with Crippen molar-refractivity contribution in [3.63, 3.8) is 0 Å². The van der Waals surface area contributed by atoms with E-state index in [2.05, 4.69) is 39.6 Å². The summed E-state index contributed by atoms with van der Waals surface area (Å²) in [5.41, 5.74) is 2.38. The number of benzene rings is 1. The molecule has 1 fully saturated rings. The summed E-state index contributed by atoms with van der Waals surface area (Å²) in [6, 6.07) is 8.46. The minimum atomic E-state index is 0.146. The van der Waals surface area contributed by atoms with E-state index in [1.165, 1.54) is 11.1 Å². The Labute approximate surface area is 142 Å². The van der Waals surface area contributed by atoms with E-state index in [9.17, 15) is 0 Å². The summed E-state index contributed by atoms with van der Waals surface area (Å²) in [5.74, 6) is 1.44. The Hall–Kier alpha value is -2.02. The van der Waals surface area contributed by atoms with Crippen LogP contribution in [0.3, 0.4) is 0 Å². The van der Waals surface area contributed by atoms with Gasteiger partial charge in [0.05, 0.1) is 31.7 Å². The Bertz CT molecular complexity index is 610. The number of morpholine rings is 1. The molecule has 0 unspecified atom stereocenters. The molecule has 3 rings (SSSR count). The summed E-state index contributed by atoms with van der Waals surface area (Å²) in [5, 5.41) is 3.35. The van der Waals surface area contributed by atoms with Crippen LogP contribution >= 0.6 is 0 Å². The molecule has 0 amide bonds. The number of hydrogen-bond acceptors (Lipinski definition) is 6. The average molecular weight is 329 g/mol. The monoisotopic (exact) mass is 329 g/mol. The highest BCUT2D eigenvalue weighted by Gasteiger charge is 2.15. The number of hydrogen-bond donors (Lipinski definition) is 1. The molecular formula is C18H23N3O3. The van der Waals surface area contributed by atoms with Crippen LogP contribution < -0.4 is 10.1 Å². The molecule has 128 valence electrons. The molecule has 1 aliphatic heterocycles. The van der Waals surface area contributed by atoms with E-state index in [1.807, 2.05) is 0 Å².